The lowest BCUT2D eigenvalue weighted by molar-refractivity contribution is -0.120. The lowest BCUT2D eigenvalue weighted by atomic mass is 10.4. The highest BCUT2D eigenvalue weighted by atomic mass is 16.2. The summed E-state index contributed by atoms with van der Waals surface area (Å²) < 4.78 is 0. The van der Waals surface area contributed by atoms with Crippen LogP contribution in [-0.4, -0.2) is 61.4 Å². The van der Waals surface area contributed by atoms with Gasteiger partial charge < -0.3 is 15.1 Å². The maximum Gasteiger partial charge on any atom is 0.239 e. The summed E-state index contributed by atoms with van der Waals surface area (Å²) >= 11 is 0. The molecule has 2 rings (SSSR count). The third kappa shape index (κ3) is 1.81. The van der Waals surface area contributed by atoms with Gasteiger partial charge in [-0.3, -0.25) is 9.79 Å². The summed E-state index contributed by atoms with van der Waals surface area (Å²) in [5, 5.41) is 2.86. The molecule has 2 aliphatic rings. The highest BCUT2D eigenvalue weighted by Crippen LogP contribution is 2.06. The van der Waals surface area contributed by atoms with E-state index in [1.807, 2.05) is 7.05 Å². The predicted octanol–water partition coefficient (Wildman–Crippen LogP) is -0.890. The van der Waals surface area contributed by atoms with E-state index >= 15 is 0 Å². The largest absolute Gasteiger partial charge is 0.354 e. The molecule has 0 atom stereocenters. The predicted molar refractivity (Wildman–Crippen MR) is 54.1 cm³/mol. The molecule has 78 valence electrons. The highest BCUT2D eigenvalue weighted by molar-refractivity contribution is 5.87. The molecule has 14 heavy (non-hydrogen) atoms. The molecule has 1 N–H and O–H groups in total. The highest BCUT2D eigenvalue weighted by Gasteiger charge is 2.23. The van der Waals surface area contributed by atoms with Crippen LogP contribution in [-0.2, 0) is 4.79 Å². The summed E-state index contributed by atoms with van der Waals surface area (Å²) in [5.41, 5.74) is 0. The first-order valence-corrected chi connectivity index (χ1v) is 5.04. The first kappa shape index (κ1) is 9.30. The molecule has 0 saturated carbocycles. The molecule has 5 heteroatoms. The molecule has 1 fully saturated rings. The van der Waals surface area contributed by atoms with E-state index in [1.165, 1.54) is 0 Å². The van der Waals surface area contributed by atoms with Crippen molar-refractivity contribution in [2.75, 3.05) is 39.8 Å². The van der Waals surface area contributed by atoms with E-state index in [1.54, 1.807) is 0 Å². The molecule has 2 aliphatic heterocycles. The number of aliphatic imine (C=N–C) groups is 1. The Balaban J connectivity index is 2.05. The monoisotopic (exact) mass is 196 g/mol. The average Bonchev–Trinajstić information content (AvgIpc) is 2.45. The van der Waals surface area contributed by atoms with Crippen LogP contribution in [0.2, 0.25) is 0 Å². The molecular formula is C9H16N4O. The summed E-state index contributed by atoms with van der Waals surface area (Å²) in [6, 6.07) is 0. The van der Waals surface area contributed by atoms with Crippen LogP contribution in [0.25, 0.3) is 0 Å². The van der Waals surface area contributed by atoms with Crippen LogP contribution in [0, 0.1) is 0 Å². The molecule has 0 aromatic carbocycles. The molecule has 0 unspecified atom stereocenters. The SMILES string of the molecule is CN1CCN=C1N1CCCNC(=O)C1. The Hall–Kier alpha value is -1.26. The molecule has 1 amide bonds. The number of hydrogen-bond acceptors (Lipinski definition) is 4. The standard InChI is InChI=1S/C9H16N4O/c1-12-6-4-11-9(12)13-5-2-3-10-8(14)7-13/h2-7H2,1H3,(H,10,14). The number of nitrogens with one attached hydrogen (secondary N) is 1. The van der Waals surface area contributed by atoms with E-state index in [4.69, 9.17) is 0 Å². The Morgan fingerprint density at radius 1 is 1.43 bits per heavy atom. The third-order valence-electron chi connectivity index (χ3n) is 2.57. The van der Waals surface area contributed by atoms with Crippen LogP contribution >= 0.6 is 0 Å². The topological polar surface area (TPSA) is 47.9 Å². The fraction of sp³-hybridized carbons (Fsp3) is 0.778. The van der Waals surface area contributed by atoms with Gasteiger partial charge in [0.2, 0.25) is 5.91 Å². The Morgan fingerprint density at radius 3 is 3.00 bits per heavy atom. The molecule has 5 nitrogen and oxygen atoms in total. The van der Waals surface area contributed by atoms with Gasteiger partial charge in [-0.25, -0.2) is 0 Å². The lowest BCUT2D eigenvalue weighted by Gasteiger charge is -2.26. The number of rotatable bonds is 0. The van der Waals surface area contributed by atoms with E-state index in [0.29, 0.717) is 6.54 Å². The minimum Gasteiger partial charge on any atom is -0.354 e. The van der Waals surface area contributed by atoms with Crippen LogP contribution in [0.15, 0.2) is 4.99 Å². The maximum atomic E-state index is 11.3. The van der Waals surface area contributed by atoms with Gasteiger partial charge in [0.15, 0.2) is 5.96 Å². The van der Waals surface area contributed by atoms with Crippen molar-refractivity contribution in [2.45, 2.75) is 6.42 Å². The molecular weight excluding hydrogens is 180 g/mol. The first-order chi connectivity index (χ1) is 6.77. The van der Waals surface area contributed by atoms with Crippen molar-refractivity contribution in [2.24, 2.45) is 4.99 Å². The summed E-state index contributed by atoms with van der Waals surface area (Å²) in [4.78, 5) is 19.9. The van der Waals surface area contributed by atoms with Crippen LogP contribution < -0.4 is 5.32 Å². The Bertz CT molecular complexity index is 264. The van der Waals surface area contributed by atoms with Crippen molar-refractivity contribution in [3.63, 3.8) is 0 Å². The van der Waals surface area contributed by atoms with Gasteiger partial charge in [-0.1, -0.05) is 0 Å². The van der Waals surface area contributed by atoms with Crippen LogP contribution in [0.4, 0.5) is 0 Å². The fourth-order valence-corrected chi connectivity index (χ4v) is 1.84. The summed E-state index contributed by atoms with van der Waals surface area (Å²) in [7, 11) is 2.02. The molecule has 0 bridgehead atoms. The second-order valence-corrected chi connectivity index (χ2v) is 3.73. The van der Waals surface area contributed by atoms with Gasteiger partial charge in [-0.05, 0) is 6.42 Å². The van der Waals surface area contributed by atoms with Crippen molar-refractivity contribution < 1.29 is 4.79 Å². The number of carbonyl (C=O) groups is 1. The van der Waals surface area contributed by atoms with Gasteiger partial charge in [0.1, 0.15) is 0 Å². The van der Waals surface area contributed by atoms with E-state index in [-0.39, 0.29) is 5.91 Å². The maximum absolute atomic E-state index is 11.3. The zero-order valence-corrected chi connectivity index (χ0v) is 8.49. The summed E-state index contributed by atoms with van der Waals surface area (Å²) in [5.74, 6) is 1.08. The van der Waals surface area contributed by atoms with Crippen LogP contribution in [0.3, 0.4) is 0 Å². The number of nitrogens with zero attached hydrogens (tertiary/aromatic N) is 3. The Kier molecular flexibility index (Phi) is 2.56. The van der Waals surface area contributed by atoms with E-state index < -0.39 is 0 Å². The van der Waals surface area contributed by atoms with Crippen molar-refractivity contribution in [1.82, 2.24) is 15.1 Å². The molecule has 0 spiro atoms. The average molecular weight is 196 g/mol. The first-order valence-electron chi connectivity index (χ1n) is 5.04. The normalized spacial score (nSPS) is 23.2. The summed E-state index contributed by atoms with van der Waals surface area (Å²) in [6.07, 6.45) is 0.999. The smallest absolute Gasteiger partial charge is 0.239 e. The Labute approximate surface area is 83.8 Å². The molecule has 0 aliphatic carbocycles. The van der Waals surface area contributed by atoms with Crippen LogP contribution in [0.5, 0.6) is 0 Å². The summed E-state index contributed by atoms with van der Waals surface area (Å²) in [6.45, 7) is 3.97. The van der Waals surface area contributed by atoms with Gasteiger partial charge in [0.25, 0.3) is 0 Å². The van der Waals surface area contributed by atoms with E-state index in [2.05, 4.69) is 20.1 Å². The number of likely N-dealkylation sites (N-methyl/N-ethyl adjacent to an activating group) is 1. The fourth-order valence-electron chi connectivity index (χ4n) is 1.84. The number of amides is 1. The van der Waals surface area contributed by atoms with Crippen molar-refractivity contribution in [1.29, 1.82) is 0 Å². The molecule has 0 aromatic rings. The third-order valence-corrected chi connectivity index (χ3v) is 2.57. The van der Waals surface area contributed by atoms with E-state index in [0.717, 1.165) is 38.6 Å². The van der Waals surface area contributed by atoms with Gasteiger partial charge in [0, 0.05) is 26.7 Å². The van der Waals surface area contributed by atoms with Crippen molar-refractivity contribution >= 4 is 11.9 Å². The second-order valence-electron chi connectivity index (χ2n) is 3.73. The molecule has 0 aromatic heterocycles. The molecule has 1 saturated heterocycles. The van der Waals surface area contributed by atoms with Gasteiger partial charge in [-0.2, -0.15) is 0 Å². The van der Waals surface area contributed by atoms with Gasteiger partial charge in [0.05, 0.1) is 13.1 Å². The zero-order chi connectivity index (χ0) is 9.97. The number of guanidine groups is 1. The zero-order valence-electron chi connectivity index (χ0n) is 8.49. The Morgan fingerprint density at radius 2 is 2.29 bits per heavy atom. The van der Waals surface area contributed by atoms with Gasteiger partial charge >= 0.3 is 0 Å². The van der Waals surface area contributed by atoms with Crippen molar-refractivity contribution in [3.8, 4) is 0 Å². The number of carbonyl (C=O) groups excluding carboxylic acids is 1. The quantitative estimate of drug-likeness (QED) is 0.547. The minimum atomic E-state index is 0.102. The van der Waals surface area contributed by atoms with Crippen LogP contribution in [0.1, 0.15) is 6.42 Å². The van der Waals surface area contributed by atoms with E-state index in [9.17, 15) is 4.79 Å². The minimum absolute atomic E-state index is 0.102. The number of hydrogen-bond donors (Lipinski definition) is 1. The van der Waals surface area contributed by atoms with Gasteiger partial charge in [-0.15, -0.1) is 0 Å². The van der Waals surface area contributed by atoms with Crippen molar-refractivity contribution in [3.05, 3.63) is 0 Å². The molecule has 0 radical (unpaired) electrons. The molecule has 2 heterocycles. The lowest BCUT2D eigenvalue weighted by Crippen LogP contribution is -2.43. The second kappa shape index (κ2) is 3.86.